The van der Waals surface area contributed by atoms with Gasteiger partial charge in [-0.15, -0.1) is 0 Å². The van der Waals surface area contributed by atoms with Crippen LogP contribution in [-0.2, 0) is 11.3 Å². The van der Waals surface area contributed by atoms with Crippen LogP contribution in [0.1, 0.15) is 17.4 Å². The van der Waals surface area contributed by atoms with E-state index in [0.29, 0.717) is 27.2 Å². The number of pyridine rings is 1. The van der Waals surface area contributed by atoms with Gasteiger partial charge in [0.1, 0.15) is 0 Å². The predicted octanol–water partition coefficient (Wildman–Crippen LogP) is 2.75. The molecule has 0 saturated heterocycles. The molecule has 0 aliphatic carbocycles. The minimum atomic E-state index is -1.36. The van der Waals surface area contributed by atoms with Crippen molar-refractivity contribution in [2.24, 2.45) is 0 Å². The summed E-state index contributed by atoms with van der Waals surface area (Å²) in [5, 5.41) is 13.3. The molecule has 2 rings (SSSR count). The number of nitrogens with one attached hydrogen (secondary N) is 1. The van der Waals surface area contributed by atoms with Crippen LogP contribution in [0, 0.1) is 0 Å². The molecule has 0 radical (unpaired) electrons. The average Bonchev–Trinajstić information content (AvgIpc) is 2.51. The molecule has 1 aromatic carbocycles. The van der Waals surface area contributed by atoms with Gasteiger partial charge >= 0.3 is 0 Å². The number of aromatic nitrogens is 1. The fraction of sp³-hybridized carbons (Fsp3) is 0.200. The van der Waals surface area contributed by atoms with E-state index < -0.39 is 12.0 Å². The van der Waals surface area contributed by atoms with Gasteiger partial charge in [0.2, 0.25) is 5.88 Å². The minimum absolute atomic E-state index is 0.168. The number of aliphatic hydroxyl groups excluding tert-OH is 1. The average molecular weight is 341 g/mol. The fourth-order valence-corrected chi connectivity index (χ4v) is 2.37. The summed E-state index contributed by atoms with van der Waals surface area (Å²) in [6, 6.07) is 9.71. The standard InChI is InChI=1S/C15H14Cl2N2O3/c1-22-13-4-2-3-12(19-13)8-18-15(21)14(20)9-5-10(16)7-11(17)6-9/h2-7,14,20H,8H2,1H3,(H,18,21)/t14-/m1/s1. The van der Waals surface area contributed by atoms with Crippen LogP contribution in [0.15, 0.2) is 36.4 Å². The number of methoxy groups -OCH3 is 1. The third kappa shape index (κ3) is 4.34. The monoisotopic (exact) mass is 340 g/mol. The second-order valence-electron chi connectivity index (χ2n) is 4.49. The van der Waals surface area contributed by atoms with E-state index in [2.05, 4.69) is 10.3 Å². The van der Waals surface area contributed by atoms with Crippen LogP contribution in [0.25, 0.3) is 0 Å². The molecule has 1 amide bonds. The number of amides is 1. The molecule has 0 aliphatic rings. The van der Waals surface area contributed by atoms with Gasteiger partial charge in [0.15, 0.2) is 6.10 Å². The van der Waals surface area contributed by atoms with E-state index in [-0.39, 0.29) is 6.54 Å². The molecule has 5 nitrogen and oxygen atoms in total. The first-order chi connectivity index (χ1) is 10.5. The number of carbonyl (C=O) groups excluding carboxylic acids is 1. The first kappa shape index (κ1) is 16.5. The maximum Gasteiger partial charge on any atom is 0.253 e. The van der Waals surface area contributed by atoms with E-state index in [1.807, 2.05) is 0 Å². The summed E-state index contributed by atoms with van der Waals surface area (Å²) in [5.74, 6) is -0.114. The zero-order chi connectivity index (χ0) is 16.1. The molecular weight excluding hydrogens is 327 g/mol. The maximum atomic E-state index is 12.0. The van der Waals surface area contributed by atoms with Gasteiger partial charge in [0.25, 0.3) is 5.91 Å². The summed E-state index contributed by atoms with van der Waals surface area (Å²) in [5.41, 5.74) is 0.942. The van der Waals surface area contributed by atoms with Gasteiger partial charge < -0.3 is 15.2 Å². The summed E-state index contributed by atoms with van der Waals surface area (Å²) in [7, 11) is 1.51. The SMILES string of the molecule is COc1cccc(CNC(=O)[C@H](O)c2cc(Cl)cc(Cl)c2)n1. The summed E-state index contributed by atoms with van der Waals surface area (Å²) in [4.78, 5) is 16.2. The normalized spacial score (nSPS) is 11.8. The number of ether oxygens (including phenoxy) is 1. The van der Waals surface area contributed by atoms with E-state index in [1.165, 1.54) is 25.3 Å². The first-order valence-electron chi connectivity index (χ1n) is 6.41. The van der Waals surface area contributed by atoms with Crippen LogP contribution in [0.3, 0.4) is 0 Å². The van der Waals surface area contributed by atoms with Crippen molar-refractivity contribution in [3.63, 3.8) is 0 Å². The Labute approximate surface area is 137 Å². The molecular formula is C15H14Cl2N2O3. The van der Waals surface area contributed by atoms with Crippen LogP contribution in [-0.4, -0.2) is 23.1 Å². The number of aliphatic hydroxyl groups is 1. The molecule has 0 saturated carbocycles. The van der Waals surface area contributed by atoms with Crippen molar-refractivity contribution in [3.8, 4) is 5.88 Å². The predicted molar refractivity (Wildman–Crippen MR) is 84.1 cm³/mol. The Morgan fingerprint density at radius 3 is 2.64 bits per heavy atom. The second kappa shape index (κ2) is 7.45. The van der Waals surface area contributed by atoms with Gasteiger partial charge in [-0.1, -0.05) is 29.3 Å². The zero-order valence-electron chi connectivity index (χ0n) is 11.7. The van der Waals surface area contributed by atoms with Crippen LogP contribution in [0.5, 0.6) is 5.88 Å². The van der Waals surface area contributed by atoms with E-state index in [1.54, 1.807) is 18.2 Å². The Balaban J connectivity index is 2.02. The van der Waals surface area contributed by atoms with E-state index >= 15 is 0 Å². The third-order valence-electron chi connectivity index (χ3n) is 2.88. The van der Waals surface area contributed by atoms with Crippen LogP contribution in [0.2, 0.25) is 10.0 Å². The number of rotatable bonds is 5. The van der Waals surface area contributed by atoms with Gasteiger partial charge in [-0.05, 0) is 29.8 Å². The molecule has 1 aromatic heterocycles. The molecule has 0 bridgehead atoms. The van der Waals surface area contributed by atoms with Crippen molar-refractivity contribution >= 4 is 29.1 Å². The molecule has 22 heavy (non-hydrogen) atoms. The number of carbonyl (C=O) groups is 1. The summed E-state index contributed by atoms with van der Waals surface area (Å²) in [6.07, 6.45) is -1.36. The number of benzene rings is 1. The molecule has 116 valence electrons. The number of hydrogen-bond donors (Lipinski definition) is 2. The van der Waals surface area contributed by atoms with Crippen molar-refractivity contribution in [2.45, 2.75) is 12.6 Å². The maximum absolute atomic E-state index is 12.0. The highest BCUT2D eigenvalue weighted by molar-refractivity contribution is 6.34. The highest BCUT2D eigenvalue weighted by atomic mass is 35.5. The third-order valence-corrected chi connectivity index (χ3v) is 3.32. The summed E-state index contributed by atoms with van der Waals surface area (Å²) >= 11 is 11.7. The fourth-order valence-electron chi connectivity index (χ4n) is 1.83. The highest BCUT2D eigenvalue weighted by Gasteiger charge is 2.18. The number of hydrogen-bond acceptors (Lipinski definition) is 4. The largest absolute Gasteiger partial charge is 0.481 e. The smallest absolute Gasteiger partial charge is 0.253 e. The van der Waals surface area contributed by atoms with E-state index in [9.17, 15) is 9.90 Å². The highest BCUT2D eigenvalue weighted by Crippen LogP contribution is 2.23. The first-order valence-corrected chi connectivity index (χ1v) is 7.17. The minimum Gasteiger partial charge on any atom is -0.481 e. The summed E-state index contributed by atoms with van der Waals surface area (Å²) in [6.45, 7) is 0.168. The number of nitrogens with zero attached hydrogens (tertiary/aromatic N) is 1. The number of halogens is 2. The van der Waals surface area contributed by atoms with Crippen molar-refractivity contribution in [1.29, 1.82) is 0 Å². The molecule has 0 spiro atoms. The van der Waals surface area contributed by atoms with E-state index in [4.69, 9.17) is 27.9 Å². The van der Waals surface area contributed by atoms with Crippen LogP contribution < -0.4 is 10.1 Å². The van der Waals surface area contributed by atoms with Crippen LogP contribution >= 0.6 is 23.2 Å². The van der Waals surface area contributed by atoms with Crippen molar-refractivity contribution in [3.05, 3.63) is 57.7 Å². The lowest BCUT2D eigenvalue weighted by molar-refractivity contribution is -0.129. The molecule has 2 N–H and O–H groups in total. The second-order valence-corrected chi connectivity index (χ2v) is 5.37. The zero-order valence-corrected chi connectivity index (χ0v) is 13.2. The van der Waals surface area contributed by atoms with E-state index in [0.717, 1.165) is 0 Å². The lowest BCUT2D eigenvalue weighted by Crippen LogP contribution is -2.29. The Bertz CT molecular complexity index is 659. The summed E-state index contributed by atoms with van der Waals surface area (Å²) < 4.78 is 5.00. The molecule has 0 fully saturated rings. The Hall–Kier alpha value is -1.82. The van der Waals surface area contributed by atoms with Crippen LogP contribution in [0.4, 0.5) is 0 Å². The van der Waals surface area contributed by atoms with Gasteiger partial charge in [-0.2, -0.15) is 0 Å². The molecule has 7 heteroatoms. The van der Waals surface area contributed by atoms with Gasteiger partial charge in [-0.3, -0.25) is 4.79 Å². The Kier molecular flexibility index (Phi) is 5.60. The Morgan fingerprint density at radius 1 is 1.32 bits per heavy atom. The van der Waals surface area contributed by atoms with Gasteiger partial charge in [0.05, 0.1) is 19.3 Å². The molecule has 2 aromatic rings. The topological polar surface area (TPSA) is 71.5 Å². The van der Waals surface area contributed by atoms with Gasteiger partial charge in [-0.25, -0.2) is 4.98 Å². The lowest BCUT2D eigenvalue weighted by atomic mass is 10.1. The Morgan fingerprint density at radius 2 is 2.00 bits per heavy atom. The van der Waals surface area contributed by atoms with Crippen molar-refractivity contribution in [2.75, 3.05) is 7.11 Å². The molecule has 0 unspecified atom stereocenters. The quantitative estimate of drug-likeness (QED) is 0.877. The molecule has 0 aliphatic heterocycles. The van der Waals surface area contributed by atoms with Gasteiger partial charge in [0, 0.05) is 16.1 Å². The molecule has 1 heterocycles. The van der Waals surface area contributed by atoms with Crippen molar-refractivity contribution < 1.29 is 14.6 Å². The molecule has 1 atom stereocenters. The lowest BCUT2D eigenvalue weighted by Gasteiger charge is -2.12. The van der Waals surface area contributed by atoms with Crippen molar-refractivity contribution in [1.82, 2.24) is 10.3 Å².